The standard InChI is InChI=1S/C24H20N4O3S2/c29-23(22(18-8-3-1-4-9-18)32-20-10-5-2-6-11-20)27-19-12-14-21(15-13-19)33(30,31)28-24-25-16-7-17-26-24/h1-17,22H,(H,27,29)(H,25,26,28)/t22-/m0/s1. The lowest BCUT2D eigenvalue weighted by Gasteiger charge is -2.17. The zero-order valence-electron chi connectivity index (χ0n) is 17.3. The van der Waals surface area contributed by atoms with E-state index in [1.54, 1.807) is 18.2 Å². The molecular weight excluding hydrogens is 456 g/mol. The Hall–Kier alpha value is -3.69. The van der Waals surface area contributed by atoms with Crippen LogP contribution < -0.4 is 10.0 Å². The average Bonchev–Trinajstić information content (AvgIpc) is 2.84. The van der Waals surface area contributed by atoms with Crippen LogP contribution in [-0.2, 0) is 14.8 Å². The van der Waals surface area contributed by atoms with Crippen LogP contribution in [0.2, 0.25) is 0 Å². The number of nitrogens with zero attached hydrogens (tertiary/aromatic N) is 2. The van der Waals surface area contributed by atoms with Crippen molar-refractivity contribution in [1.29, 1.82) is 0 Å². The normalized spacial score (nSPS) is 12.0. The Bertz CT molecular complexity index is 1300. The molecule has 0 saturated carbocycles. The molecule has 2 N–H and O–H groups in total. The lowest BCUT2D eigenvalue weighted by Crippen LogP contribution is -2.19. The molecule has 1 heterocycles. The third-order valence-electron chi connectivity index (χ3n) is 4.56. The van der Waals surface area contributed by atoms with Crippen LogP contribution in [0.1, 0.15) is 10.8 Å². The number of carbonyl (C=O) groups excluding carboxylic acids is 1. The van der Waals surface area contributed by atoms with Crippen molar-refractivity contribution in [2.75, 3.05) is 10.0 Å². The fourth-order valence-electron chi connectivity index (χ4n) is 2.99. The SMILES string of the molecule is O=C(Nc1ccc(S(=O)(=O)Nc2ncccn2)cc1)[C@@H](Sc1ccccc1)c1ccccc1. The first-order chi connectivity index (χ1) is 16.0. The van der Waals surface area contributed by atoms with Crippen LogP contribution in [-0.4, -0.2) is 24.3 Å². The number of sulfonamides is 1. The van der Waals surface area contributed by atoms with E-state index in [-0.39, 0.29) is 16.8 Å². The number of benzene rings is 3. The number of amides is 1. The minimum atomic E-state index is -3.85. The lowest BCUT2D eigenvalue weighted by atomic mass is 10.1. The van der Waals surface area contributed by atoms with Crippen LogP contribution in [0.15, 0.2) is 113 Å². The van der Waals surface area contributed by atoms with Crippen molar-refractivity contribution in [3.63, 3.8) is 0 Å². The molecule has 0 aliphatic carbocycles. The molecule has 1 amide bonds. The maximum Gasteiger partial charge on any atom is 0.264 e. The highest BCUT2D eigenvalue weighted by Crippen LogP contribution is 2.36. The molecule has 0 spiro atoms. The zero-order chi connectivity index (χ0) is 23.1. The van der Waals surface area contributed by atoms with Crippen molar-refractivity contribution < 1.29 is 13.2 Å². The van der Waals surface area contributed by atoms with Crippen molar-refractivity contribution in [2.24, 2.45) is 0 Å². The van der Waals surface area contributed by atoms with Gasteiger partial charge in [-0.2, -0.15) is 0 Å². The third kappa shape index (κ3) is 5.97. The first kappa shape index (κ1) is 22.5. The van der Waals surface area contributed by atoms with Crippen molar-refractivity contribution in [3.8, 4) is 0 Å². The summed E-state index contributed by atoms with van der Waals surface area (Å²) in [6.45, 7) is 0. The van der Waals surface area contributed by atoms with Crippen LogP contribution in [0.25, 0.3) is 0 Å². The van der Waals surface area contributed by atoms with Gasteiger partial charge in [-0.15, -0.1) is 11.8 Å². The van der Waals surface area contributed by atoms with Gasteiger partial charge in [-0.3, -0.25) is 4.79 Å². The number of thioether (sulfide) groups is 1. The van der Waals surface area contributed by atoms with Gasteiger partial charge in [0, 0.05) is 23.0 Å². The molecule has 0 aliphatic heterocycles. The maximum absolute atomic E-state index is 13.2. The summed E-state index contributed by atoms with van der Waals surface area (Å²) in [6.07, 6.45) is 2.89. The van der Waals surface area contributed by atoms with E-state index in [0.29, 0.717) is 5.69 Å². The molecular formula is C24H20N4O3S2. The molecule has 3 aromatic carbocycles. The Morgan fingerprint density at radius 2 is 1.39 bits per heavy atom. The Morgan fingerprint density at radius 1 is 0.788 bits per heavy atom. The molecule has 7 nitrogen and oxygen atoms in total. The van der Waals surface area contributed by atoms with Crippen molar-refractivity contribution in [1.82, 2.24) is 9.97 Å². The topological polar surface area (TPSA) is 101 Å². The van der Waals surface area contributed by atoms with Gasteiger partial charge in [0.2, 0.25) is 11.9 Å². The smallest absolute Gasteiger partial charge is 0.264 e. The average molecular weight is 477 g/mol. The number of aromatic nitrogens is 2. The van der Waals surface area contributed by atoms with E-state index >= 15 is 0 Å². The second-order valence-electron chi connectivity index (χ2n) is 6.91. The number of rotatable bonds is 8. The summed E-state index contributed by atoms with van der Waals surface area (Å²) in [6, 6.07) is 26.7. The van der Waals surface area contributed by atoms with Crippen molar-refractivity contribution in [2.45, 2.75) is 15.0 Å². The second kappa shape index (κ2) is 10.3. The molecule has 0 fully saturated rings. The Balaban J connectivity index is 1.50. The van der Waals surface area contributed by atoms with Gasteiger partial charge in [0.05, 0.1) is 4.90 Å². The largest absolute Gasteiger partial charge is 0.325 e. The molecule has 33 heavy (non-hydrogen) atoms. The maximum atomic E-state index is 13.2. The molecule has 0 bridgehead atoms. The van der Waals surface area contributed by atoms with Crippen LogP contribution in [0, 0.1) is 0 Å². The third-order valence-corrected chi connectivity index (χ3v) is 7.17. The van der Waals surface area contributed by atoms with Gasteiger partial charge in [-0.1, -0.05) is 48.5 Å². The molecule has 1 atom stereocenters. The Morgan fingerprint density at radius 3 is 2.03 bits per heavy atom. The van der Waals surface area contributed by atoms with Crippen LogP contribution in [0.5, 0.6) is 0 Å². The molecule has 0 aliphatic rings. The van der Waals surface area contributed by atoms with Gasteiger partial charge in [-0.05, 0) is 48.0 Å². The van der Waals surface area contributed by atoms with Crippen LogP contribution in [0.4, 0.5) is 11.6 Å². The molecule has 0 saturated heterocycles. The summed E-state index contributed by atoms with van der Waals surface area (Å²) < 4.78 is 27.4. The second-order valence-corrected chi connectivity index (χ2v) is 9.77. The van der Waals surface area contributed by atoms with Gasteiger partial charge in [0.25, 0.3) is 10.0 Å². The minimum absolute atomic E-state index is 0.0153. The number of nitrogens with one attached hydrogen (secondary N) is 2. The fraction of sp³-hybridized carbons (Fsp3) is 0.0417. The fourth-order valence-corrected chi connectivity index (χ4v) is 5.00. The van der Waals surface area contributed by atoms with Gasteiger partial charge >= 0.3 is 0 Å². The highest BCUT2D eigenvalue weighted by atomic mass is 32.2. The van der Waals surface area contributed by atoms with Gasteiger partial charge in [-0.25, -0.2) is 23.1 Å². The summed E-state index contributed by atoms with van der Waals surface area (Å²) in [7, 11) is -3.85. The van der Waals surface area contributed by atoms with Gasteiger partial charge < -0.3 is 5.32 Å². The zero-order valence-corrected chi connectivity index (χ0v) is 19.0. The molecule has 9 heteroatoms. The molecule has 1 aromatic heterocycles. The van der Waals surface area contributed by atoms with E-state index in [9.17, 15) is 13.2 Å². The van der Waals surface area contributed by atoms with E-state index in [4.69, 9.17) is 0 Å². The first-order valence-corrected chi connectivity index (χ1v) is 12.3. The van der Waals surface area contributed by atoms with E-state index in [0.717, 1.165) is 10.5 Å². The number of hydrogen-bond donors (Lipinski definition) is 2. The van der Waals surface area contributed by atoms with Crippen LogP contribution >= 0.6 is 11.8 Å². The summed E-state index contributed by atoms with van der Waals surface area (Å²) in [5.41, 5.74) is 1.36. The molecule has 4 aromatic rings. The molecule has 4 rings (SSSR count). The minimum Gasteiger partial charge on any atom is -0.325 e. The summed E-state index contributed by atoms with van der Waals surface area (Å²) >= 11 is 1.45. The number of carbonyl (C=O) groups is 1. The van der Waals surface area contributed by atoms with Crippen molar-refractivity contribution in [3.05, 3.63) is 109 Å². The molecule has 0 unspecified atom stereocenters. The number of hydrogen-bond acceptors (Lipinski definition) is 6. The Kier molecular flexibility index (Phi) is 7.01. The van der Waals surface area contributed by atoms with Gasteiger partial charge in [0.15, 0.2) is 0 Å². The van der Waals surface area contributed by atoms with Gasteiger partial charge in [0.1, 0.15) is 5.25 Å². The molecule has 0 radical (unpaired) electrons. The van der Waals surface area contributed by atoms with Crippen molar-refractivity contribution >= 4 is 39.3 Å². The molecule has 166 valence electrons. The summed E-state index contributed by atoms with van der Waals surface area (Å²) in [5.74, 6) is -0.222. The van der Waals surface area contributed by atoms with E-state index in [1.165, 1.54) is 36.3 Å². The first-order valence-electron chi connectivity index (χ1n) is 9.99. The summed E-state index contributed by atoms with van der Waals surface area (Å²) in [5, 5.41) is 2.41. The Labute approximate surface area is 196 Å². The highest BCUT2D eigenvalue weighted by Gasteiger charge is 2.22. The predicted octanol–water partition coefficient (Wildman–Crippen LogP) is 4.75. The number of anilines is 2. The van der Waals surface area contributed by atoms with Crippen LogP contribution in [0.3, 0.4) is 0 Å². The van der Waals surface area contributed by atoms with E-state index in [2.05, 4.69) is 20.0 Å². The highest BCUT2D eigenvalue weighted by molar-refractivity contribution is 8.00. The quantitative estimate of drug-likeness (QED) is 0.356. The monoisotopic (exact) mass is 476 g/mol. The predicted molar refractivity (Wildman–Crippen MR) is 129 cm³/mol. The van der Waals surface area contributed by atoms with E-state index < -0.39 is 15.3 Å². The summed E-state index contributed by atoms with van der Waals surface area (Å²) in [4.78, 5) is 21.9. The van der Waals surface area contributed by atoms with E-state index in [1.807, 2.05) is 60.7 Å². The lowest BCUT2D eigenvalue weighted by molar-refractivity contribution is -0.115.